The molecule has 0 aliphatic carbocycles. The lowest BCUT2D eigenvalue weighted by atomic mass is 10.1. The minimum atomic E-state index is -0.378. The second-order valence-electron chi connectivity index (χ2n) is 4.12. The number of rotatable bonds is 7. The minimum Gasteiger partial charge on any atom is -0.330 e. The molecule has 0 aliphatic rings. The van der Waals surface area contributed by atoms with E-state index in [0.717, 1.165) is 31.5 Å². The smallest absolute Gasteiger partial charge is 0.269 e. The molecule has 0 bridgehead atoms. The molecule has 5 nitrogen and oxygen atoms in total. The fraction of sp³-hybridized carbons (Fsp3) is 0.500. The molecule has 94 valence electrons. The molecule has 0 amide bonds. The highest BCUT2D eigenvalue weighted by atomic mass is 16.6. The molecule has 0 aromatic heterocycles. The van der Waals surface area contributed by atoms with Crippen LogP contribution in [0.1, 0.15) is 12.0 Å². The number of nitrogens with zero attached hydrogens (tertiary/aromatic N) is 2. The van der Waals surface area contributed by atoms with Crippen molar-refractivity contribution in [3.8, 4) is 0 Å². The molecule has 2 N–H and O–H groups in total. The van der Waals surface area contributed by atoms with Crippen molar-refractivity contribution in [3.05, 3.63) is 39.9 Å². The van der Waals surface area contributed by atoms with Crippen molar-refractivity contribution in [2.75, 3.05) is 26.7 Å². The first-order valence-corrected chi connectivity index (χ1v) is 5.75. The lowest BCUT2D eigenvalue weighted by Crippen LogP contribution is -2.24. The zero-order valence-electron chi connectivity index (χ0n) is 10.1. The van der Waals surface area contributed by atoms with Gasteiger partial charge in [0.25, 0.3) is 5.69 Å². The van der Waals surface area contributed by atoms with Crippen LogP contribution in [0, 0.1) is 10.1 Å². The van der Waals surface area contributed by atoms with Gasteiger partial charge in [-0.1, -0.05) is 12.1 Å². The van der Waals surface area contributed by atoms with Crippen molar-refractivity contribution in [2.45, 2.75) is 12.8 Å². The quantitative estimate of drug-likeness (QED) is 0.575. The van der Waals surface area contributed by atoms with E-state index < -0.39 is 0 Å². The van der Waals surface area contributed by atoms with Gasteiger partial charge >= 0.3 is 0 Å². The maximum atomic E-state index is 10.5. The standard InChI is InChI=1S/C12H19N3O2/c1-14(9-2-8-13)10-7-11-3-5-12(6-4-11)15(16)17/h3-6H,2,7-10,13H2,1H3. The van der Waals surface area contributed by atoms with Crippen molar-refractivity contribution in [2.24, 2.45) is 5.73 Å². The maximum Gasteiger partial charge on any atom is 0.269 e. The molecule has 5 heteroatoms. The van der Waals surface area contributed by atoms with Gasteiger partial charge in [0.1, 0.15) is 0 Å². The molecule has 1 aromatic carbocycles. The summed E-state index contributed by atoms with van der Waals surface area (Å²) in [7, 11) is 2.06. The van der Waals surface area contributed by atoms with E-state index >= 15 is 0 Å². The second-order valence-corrected chi connectivity index (χ2v) is 4.12. The van der Waals surface area contributed by atoms with E-state index in [1.54, 1.807) is 12.1 Å². The van der Waals surface area contributed by atoms with Gasteiger partial charge in [0.05, 0.1) is 4.92 Å². The van der Waals surface area contributed by atoms with Crippen molar-refractivity contribution >= 4 is 5.69 Å². The molecular weight excluding hydrogens is 218 g/mol. The van der Waals surface area contributed by atoms with Crippen LogP contribution in [-0.4, -0.2) is 36.5 Å². The summed E-state index contributed by atoms with van der Waals surface area (Å²) in [6, 6.07) is 6.73. The van der Waals surface area contributed by atoms with Crippen LogP contribution in [0.25, 0.3) is 0 Å². The number of nitro benzene ring substituents is 1. The van der Waals surface area contributed by atoms with E-state index in [0.29, 0.717) is 6.54 Å². The summed E-state index contributed by atoms with van der Waals surface area (Å²) in [6.07, 6.45) is 1.90. The van der Waals surface area contributed by atoms with E-state index in [1.165, 1.54) is 0 Å². The van der Waals surface area contributed by atoms with Gasteiger partial charge in [-0.25, -0.2) is 0 Å². The summed E-state index contributed by atoms with van der Waals surface area (Å²) in [5.41, 5.74) is 6.70. The molecule has 0 heterocycles. The minimum absolute atomic E-state index is 0.144. The predicted octanol–water partition coefficient (Wildman–Crippen LogP) is 1.42. The van der Waals surface area contributed by atoms with Crippen LogP contribution in [-0.2, 0) is 6.42 Å². The van der Waals surface area contributed by atoms with Crippen molar-refractivity contribution in [1.82, 2.24) is 4.90 Å². The number of nitro groups is 1. The number of hydrogen-bond acceptors (Lipinski definition) is 4. The Kier molecular flexibility index (Phi) is 5.59. The first-order valence-electron chi connectivity index (χ1n) is 5.75. The Morgan fingerprint density at radius 2 is 1.94 bits per heavy atom. The van der Waals surface area contributed by atoms with E-state index in [9.17, 15) is 10.1 Å². The normalized spacial score (nSPS) is 10.8. The maximum absolute atomic E-state index is 10.5. The molecule has 17 heavy (non-hydrogen) atoms. The third-order valence-electron chi connectivity index (χ3n) is 2.67. The summed E-state index contributed by atoms with van der Waals surface area (Å²) in [5.74, 6) is 0. The van der Waals surface area contributed by atoms with Crippen LogP contribution in [0.2, 0.25) is 0 Å². The Hall–Kier alpha value is -1.46. The fourth-order valence-corrected chi connectivity index (χ4v) is 1.58. The number of benzene rings is 1. The Bertz CT molecular complexity index is 351. The summed E-state index contributed by atoms with van der Waals surface area (Å²) in [6.45, 7) is 2.64. The largest absolute Gasteiger partial charge is 0.330 e. The number of nitrogens with two attached hydrogens (primary N) is 1. The van der Waals surface area contributed by atoms with Gasteiger partial charge in [-0.15, -0.1) is 0 Å². The molecule has 0 fully saturated rings. The van der Waals surface area contributed by atoms with Gasteiger partial charge in [0, 0.05) is 18.7 Å². The zero-order chi connectivity index (χ0) is 12.7. The van der Waals surface area contributed by atoms with Crippen LogP contribution in [0.4, 0.5) is 5.69 Å². The van der Waals surface area contributed by atoms with Gasteiger partial charge in [-0.3, -0.25) is 10.1 Å². The number of hydrogen-bond donors (Lipinski definition) is 1. The van der Waals surface area contributed by atoms with E-state index in [4.69, 9.17) is 5.73 Å². The zero-order valence-corrected chi connectivity index (χ0v) is 10.1. The SMILES string of the molecule is CN(CCCN)CCc1ccc([N+](=O)[O-])cc1. The average molecular weight is 237 g/mol. The number of non-ortho nitro benzene ring substituents is 1. The van der Waals surface area contributed by atoms with Gasteiger partial charge in [0.2, 0.25) is 0 Å². The van der Waals surface area contributed by atoms with Gasteiger partial charge in [-0.05, 0) is 38.5 Å². The first-order chi connectivity index (χ1) is 8.13. The molecule has 0 radical (unpaired) electrons. The average Bonchev–Trinajstić information content (AvgIpc) is 2.34. The Balaban J connectivity index is 2.39. The van der Waals surface area contributed by atoms with Crippen molar-refractivity contribution in [1.29, 1.82) is 0 Å². The highest BCUT2D eigenvalue weighted by Crippen LogP contribution is 2.12. The van der Waals surface area contributed by atoms with Crippen LogP contribution >= 0.6 is 0 Å². The molecular formula is C12H19N3O2. The monoisotopic (exact) mass is 237 g/mol. The summed E-state index contributed by atoms with van der Waals surface area (Å²) in [5, 5.41) is 10.5. The van der Waals surface area contributed by atoms with E-state index in [2.05, 4.69) is 11.9 Å². The molecule has 1 rings (SSSR count). The van der Waals surface area contributed by atoms with Crippen molar-refractivity contribution < 1.29 is 4.92 Å². The van der Waals surface area contributed by atoms with Crippen molar-refractivity contribution in [3.63, 3.8) is 0 Å². The molecule has 1 aromatic rings. The van der Waals surface area contributed by atoms with Gasteiger partial charge < -0.3 is 10.6 Å². The topological polar surface area (TPSA) is 72.4 Å². The van der Waals surface area contributed by atoms with Crippen LogP contribution < -0.4 is 5.73 Å². The summed E-state index contributed by atoms with van der Waals surface area (Å²) >= 11 is 0. The predicted molar refractivity (Wildman–Crippen MR) is 68.0 cm³/mol. The molecule has 0 unspecified atom stereocenters. The van der Waals surface area contributed by atoms with Gasteiger partial charge in [-0.2, -0.15) is 0 Å². The third-order valence-corrected chi connectivity index (χ3v) is 2.67. The van der Waals surface area contributed by atoms with E-state index in [1.807, 2.05) is 12.1 Å². The fourth-order valence-electron chi connectivity index (χ4n) is 1.58. The molecule has 0 saturated heterocycles. The van der Waals surface area contributed by atoms with Crippen LogP contribution in [0.3, 0.4) is 0 Å². The van der Waals surface area contributed by atoms with E-state index in [-0.39, 0.29) is 10.6 Å². The van der Waals surface area contributed by atoms with Gasteiger partial charge in [0.15, 0.2) is 0 Å². The Morgan fingerprint density at radius 1 is 1.29 bits per heavy atom. The first kappa shape index (κ1) is 13.6. The molecule has 0 saturated carbocycles. The highest BCUT2D eigenvalue weighted by Gasteiger charge is 2.04. The number of likely N-dealkylation sites (N-methyl/N-ethyl adjacent to an activating group) is 1. The van der Waals surface area contributed by atoms with Crippen LogP contribution in [0.5, 0.6) is 0 Å². The highest BCUT2D eigenvalue weighted by molar-refractivity contribution is 5.32. The molecule has 0 aliphatic heterocycles. The second kappa shape index (κ2) is 6.98. The van der Waals surface area contributed by atoms with Crippen LogP contribution in [0.15, 0.2) is 24.3 Å². The summed E-state index contributed by atoms with van der Waals surface area (Å²) < 4.78 is 0. The lowest BCUT2D eigenvalue weighted by molar-refractivity contribution is -0.384. The summed E-state index contributed by atoms with van der Waals surface area (Å²) in [4.78, 5) is 12.3. The molecule has 0 spiro atoms. The lowest BCUT2D eigenvalue weighted by Gasteiger charge is -2.15. The Labute approximate surface area is 101 Å². The third kappa shape index (κ3) is 4.93. The Morgan fingerprint density at radius 3 is 2.47 bits per heavy atom. The molecule has 0 atom stereocenters.